The van der Waals surface area contributed by atoms with Gasteiger partial charge in [0.25, 0.3) is 5.91 Å². The summed E-state index contributed by atoms with van der Waals surface area (Å²) in [7, 11) is 3.14. The first kappa shape index (κ1) is 27.8. The number of piperidine rings is 1. The Bertz CT molecular complexity index is 1240. The van der Waals surface area contributed by atoms with Crippen molar-refractivity contribution in [1.82, 2.24) is 10.2 Å². The molecule has 1 aliphatic heterocycles. The van der Waals surface area contributed by atoms with Crippen LogP contribution in [0, 0.1) is 0 Å². The van der Waals surface area contributed by atoms with Crippen molar-refractivity contribution in [2.45, 2.75) is 25.7 Å². The number of amides is 3. The Balaban J connectivity index is 1.28. The van der Waals surface area contributed by atoms with Gasteiger partial charge in [0.05, 0.1) is 19.8 Å². The van der Waals surface area contributed by atoms with Crippen molar-refractivity contribution in [3.8, 4) is 11.5 Å². The van der Waals surface area contributed by atoms with Gasteiger partial charge in [-0.1, -0.05) is 12.5 Å². The highest BCUT2D eigenvalue weighted by Gasteiger charge is 2.15. The van der Waals surface area contributed by atoms with Crippen LogP contribution in [-0.2, 0) is 0 Å². The maximum atomic E-state index is 12.7. The molecule has 0 saturated carbocycles. The third-order valence-electron chi connectivity index (χ3n) is 6.59. The minimum absolute atomic E-state index is 0.192. The Hall–Kier alpha value is -4.24. The number of carbonyl (C=O) groups excluding carboxylic acids is 2. The van der Waals surface area contributed by atoms with Crippen molar-refractivity contribution < 1.29 is 19.1 Å². The molecule has 0 atom stereocenters. The van der Waals surface area contributed by atoms with Gasteiger partial charge in [0.15, 0.2) is 0 Å². The summed E-state index contributed by atoms with van der Waals surface area (Å²) in [5.74, 6) is 0.982. The average Bonchev–Trinajstić information content (AvgIpc) is 2.96. The lowest BCUT2D eigenvalue weighted by molar-refractivity contribution is 0.0948. The summed E-state index contributed by atoms with van der Waals surface area (Å²) in [5, 5.41) is 11.9. The SMILES string of the molecule is COc1ccc(Nc2cccc(NC(=O)Nc3ccc(C(=O)NCCCN4CCCCC4)c(OC)c3)c2)cc1. The number of rotatable bonds is 11. The largest absolute Gasteiger partial charge is 0.497 e. The van der Waals surface area contributed by atoms with Crippen LogP contribution in [-0.4, -0.2) is 57.2 Å². The van der Waals surface area contributed by atoms with Gasteiger partial charge in [0.1, 0.15) is 11.5 Å². The second-order valence-electron chi connectivity index (χ2n) is 9.44. The molecule has 0 unspecified atom stereocenters. The summed E-state index contributed by atoms with van der Waals surface area (Å²) in [5.41, 5.74) is 3.29. The molecule has 0 aliphatic carbocycles. The number of likely N-dealkylation sites (tertiary alicyclic amines) is 1. The van der Waals surface area contributed by atoms with Crippen molar-refractivity contribution in [3.05, 3.63) is 72.3 Å². The number of nitrogens with zero attached hydrogens (tertiary/aromatic N) is 1. The number of hydrogen-bond acceptors (Lipinski definition) is 6. The summed E-state index contributed by atoms with van der Waals surface area (Å²) in [6.45, 7) is 3.90. The predicted molar refractivity (Wildman–Crippen MR) is 156 cm³/mol. The second kappa shape index (κ2) is 14.1. The predicted octanol–water partition coefficient (Wildman–Crippen LogP) is 5.70. The lowest BCUT2D eigenvalue weighted by Gasteiger charge is -2.26. The van der Waals surface area contributed by atoms with Crippen molar-refractivity contribution >= 4 is 34.7 Å². The Kier molecular flexibility index (Phi) is 10.0. The second-order valence-corrected chi connectivity index (χ2v) is 9.44. The van der Waals surface area contributed by atoms with Gasteiger partial charge in [-0.15, -0.1) is 0 Å². The van der Waals surface area contributed by atoms with E-state index in [9.17, 15) is 9.59 Å². The zero-order valence-corrected chi connectivity index (χ0v) is 22.6. The monoisotopic (exact) mass is 531 g/mol. The topological polar surface area (TPSA) is 104 Å². The van der Waals surface area contributed by atoms with E-state index >= 15 is 0 Å². The third kappa shape index (κ3) is 8.38. The molecule has 0 spiro atoms. The molecular weight excluding hydrogens is 494 g/mol. The van der Waals surface area contributed by atoms with E-state index in [2.05, 4.69) is 26.2 Å². The van der Waals surface area contributed by atoms with Gasteiger partial charge in [-0.2, -0.15) is 0 Å². The highest BCUT2D eigenvalue weighted by atomic mass is 16.5. The van der Waals surface area contributed by atoms with Crippen LogP contribution in [0.5, 0.6) is 11.5 Å². The number of urea groups is 1. The Morgan fingerprint density at radius 2 is 1.49 bits per heavy atom. The maximum Gasteiger partial charge on any atom is 0.323 e. The molecule has 3 aromatic carbocycles. The van der Waals surface area contributed by atoms with E-state index in [1.54, 1.807) is 31.4 Å². The minimum Gasteiger partial charge on any atom is -0.497 e. The van der Waals surface area contributed by atoms with Crippen molar-refractivity contribution in [3.63, 3.8) is 0 Å². The molecule has 1 saturated heterocycles. The van der Waals surface area contributed by atoms with E-state index in [4.69, 9.17) is 9.47 Å². The molecule has 39 heavy (non-hydrogen) atoms. The Morgan fingerprint density at radius 3 is 2.21 bits per heavy atom. The molecule has 3 amide bonds. The molecule has 206 valence electrons. The van der Waals surface area contributed by atoms with E-state index in [1.165, 1.54) is 26.4 Å². The van der Waals surface area contributed by atoms with Gasteiger partial charge < -0.3 is 35.6 Å². The van der Waals surface area contributed by atoms with Crippen LogP contribution >= 0.6 is 0 Å². The minimum atomic E-state index is -0.409. The lowest BCUT2D eigenvalue weighted by Crippen LogP contribution is -2.33. The molecule has 1 aliphatic rings. The maximum absolute atomic E-state index is 12.7. The summed E-state index contributed by atoms with van der Waals surface area (Å²) in [6.07, 6.45) is 4.74. The summed E-state index contributed by atoms with van der Waals surface area (Å²) >= 11 is 0. The van der Waals surface area contributed by atoms with E-state index in [0.717, 1.165) is 43.2 Å². The first-order chi connectivity index (χ1) is 19.0. The molecule has 0 bridgehead atoms. The molecule has 4 N–H and O–H groups in total. The quantitative estimate of drug-likeness (QED) is 0.237. The van der Waals surface area contributed by atoms with Gasteiger partial charge >= 0.3 is 6.03 Å². The first-order valence-electron chi connectivity index (χ1n) is 13.3. The van der Waals surface area contributed by atoms with Crippen molar-refractivity contribution in [1.29, 1.82) is 0 Å². The number of methoxy groups -OCH3 is 2. The highest BCUT2D eigenvalue weighted by Crippen LogP contribution is 2.25. The van der Waals surface area contributed by atoms with Crippen LogP contribution in [0.25, 0.3) is 0 Å². The fraction of sp³-hybridized carbons (Fsp3) is 0.333. The van der Waals surface area contributed by atoms with Gasteiger partial charge in [-0.05, 0) is 93.5 Å². The standard InChI is InChI=1S/C30H37N5O4/c1-38-26-13-10-22(11-14-26)32-23-8-6-9-24(20-23)33-30(37)34-25-12-15-27(28(21-25)39-2)29(36)31-16-7-19-35-17-4-3-5-18-35/h6,8-15,20-21,32H,3-5,7,16-19H2,1-2H3,(H,31,36)(H2,33,34,37). The van der Waals surface area contributed by atoms with Gasteiger partial charge in [-0.3, -0.25) is 4.79 Å². The van der Waals surface area contributed by atoms with Crippen LogP contribution in [0.1, 0.15) is 36.0 Å². The first-order valence-corrected chi connectivity index (χ1v) is 13.3. The molecule has 0 radical (unpaired) electrons. The zero-order chi connectivity index (χ0) is 27.5. The fourth-order valence-corrected chi connectivity index (χ4v) is 4.55. The number of anilines is 4. The molecular formula is C30H37N5O4. The normalized spacial score (nSPS) is 13.3. The van der Waals surface area contributed by atoms with Crippen LogP contribution in [0.3, 0.4) is 0 Å². The van der Waals surface area contributed by atoms with Crippen molar-refractivity contribution in [2.75, 3.05) is 56.3 Å². The Morgan fingerprint density at radius 1 is 0.795 bits per heavy atom. The zero-order valence-electron chi connectivity index (χ0n) is 22.6. The average molecular weight is 532 g/mol. The van der Waals surface area contributed by atoms with E-state index in [-0.39, 0.29) is 5.91 Å². The molecule has 3 aromatic rings. The molecule has 1 heterocycles. The van der Waals surface area contributed by atoms with Crippen molar-refractivity contribution in [2.24, 2.45) is 0 Å². The number of hydrogen-bond donors (Lipinski definition) is 4. The van der Waals surface area contributed by atoms with Crippen LogP contribution < -0.4 is 30.7 Å². The van der Waals surface area contributed by atoms with Crippen LogP contribution in [0.15, 0.2) is 66.7 Å². The molecule has 9 nitrogen and oxygen atoms in total. The summed E-state index contributed by atoms with van der Waals surface area (Å²) in [4.78, 5) is 27.8. The molecule has 9 heteroatoms. The smallest absolute Gasteiger partial charge is 0.323 e. The summed E-state index contributed by atoms with van der Waals surface area (Å²) < 4.78 is 10.6. The molecule has 1 fully saturated rings. The van der Waals surface area contributed by atoms with E-state index in [0.29, 0.717) is 29.2 Å². The van der Waals surface area contributed by atoms with Crippen LogP contribution in [0.2, 0.25) is 0 Å². The molecule has 0 aromatic heterocycles. The van der Waals surface area contributed by atoms with Gasteiger partial charge in [0.2, 0.25) is 0 Å². The van der Waals surface area contributed by atoms with Crippen LogP contribution in [0.4, 0.5) is 27.5 Å². The highest BCUT2D eigenvalue weighted by molar-refractivity contribution is 6.01. The lowest BCUT2D eigenvalue weighted by atomic mass is 10.1. The number of nitrogens with one attached hydrogen (secondary N) is 4. The van der Waals surface area contributed by atoms with E-state index < -0.39 is 6.03 Å². The third-order valence-corrected chi connectivity index (χ3v) is 6.59. The number of carbonyl (C=O) groups is 2. The number of ether oxygens (including phenoxy) is 2. The Labute approximate surface area is 229 Å². The molecule has 4 rings (SSSR count). The number of benzene rings is 3. The van der Waals surface area contributed by atoms with Gasteiger partial charge in [-0.25, -0.2) is 4.79 Å². The fourth-order valence-electron chi connectivity index (χ4n) is 4.55. The summed E-state index contributed by atoms with van der Waals surface area (Å²) in [6, 6.07) is 19.6. The van der Waals surface area contributed by atoms with E-state index in [1.807, 2.05) is 42.5 Å². The van der Waals surface area contributed by atoms with Gasteiger partial charge in [0, 0.05) is 35.4 Å².